The Bertz CT molecular complexity index is 558. The number of pyridine rings is 1. The minimum absolute atomic E-state index is 0.132. The van der Waals surface area contributed by atoms with Crippen molar-refractivity contribution in [3.63, 3.8) is 0 Å². The van der Waals surface area contributed by atoms with Crippen LogP contribution in [0.4, 0.5) is 5.82 Å². The summed E-state index contributed by atoms with van der Waals surface area (Å²) in [4.78, 5) is 18.3. The van der Waals surface area contributed by atoms with Crippen LogP contribution >= 0.6 is 0 Å². The molecule has 1 aliphatic rings. The first-order chi connectivity index (χ1) is 10.2. The number of aryl methyl sites for hydroxylation is 2. The highest BCUT2D eigenvalue weighted by Crippen LogP contribution is 2.24. The van der Waals surface area contributed by atoms with Gasteiger partial charge in [0.25, 0.3) is 0 Å². The van der Waals surface area contributed by atoms with Crippen LogP contribution in [0, 0.1) is 11.3 Å². The molecule has 0 atom stereocenters. The van der Waals surface area contributed by atoms with E-state index in [1.165, 1.54) is 5.56 Å². The third kappa shape index (κ3) is 3.52. The second-order valence-corrected chi connectivity index (χ2v) is 5.20. The average molecular weight is 286 g/mol. The molecular weight excluding hydrogens is 264 g/mol. The molecule has 21 heavy (non-hydrogen) atoms. The maximum absolute atomic E-state index is 11.9. The number of fused-ring (bicyclic) bond motifs is 1. The molecule has 0 saturated carbocycles. The number of nitriles is 1. The van der Waals surface area contributed by atoms with Gasteiger partial charge in [0.05, 0.1) is 5.56 Å². The molecule has 1 N–H and O–H groups in total. The van der Waals surface area contributed by atoms with E-state index in [2.05, 4.69) is 16.4 Å². The Morgan fingerprint density at radius 1 is 1.43 bits per heavy atom. The SMILES string of the molecule is CCN(CC)C(=O)CCNc1nc2c(cc1C#N)CCC2. The number of amides is 1. The molecule has 0 aromatic carbocycles. The second-order valence-electron chi connectivity index (χ2n) is 5.20. The summed E-state index contributed by atoms with van der Waals surface area (Å²) in [6, 6.07) is 4.12. The van der Waals surface area contributed by atoms with Crippen molar-refractivity contribution in [3.05, 3.63) is 22.9 Å². The van der Waals surface area contributed by atoms with Gasteiger partial charge in [0.2, 0.25) is 5.91 Å². The smallest absolute Gasteiger partial charge is 0.224 e. The zero-order valence-electron chi connectivity index (χ0n) is 12.8. The van der Waals surface area contributed by atoms with E-state index < -0.39 is 0 Å². The third-order valence-electron chi connectivity index (χ3n) is 3.92. The van der Waals surface area contributed by atoms with E-state index in [0.29, 0.717) is 24.3 Å². The molecule has 1 heterocycles. The summed E-state index contributed by atoms with van der Waals surface area (Å²) >= 11 is 0. The molecule has 0 saturated heterocycles. The summed E-state index contributed by atoms with van der Waals surface area (Å²) in [7, 11) is 0. The number of aromatic nitrogens is 1. The van der Waals surface area contributed by atoms with Gasteiger partial charge in [0.15, 0.2) is 0 Å². The Morgan fingerprint density at radius 3 is 2.86 bits per heavy atom. The van der Waals surface area contributed by atoms with Crippen LogP contribution in [0.25, 0.3) is 0 Å². The Balaban J connectivity index is 1.98. The highest BCUT2D eigenvalue weighted by molar-refractivity contribution is 5.76. The van der Waals surface area contributed by atoms with Gasteiger partial charge in [0, 0.05) is 31.7 Å². The van der Waals surface area contributed by atoms with Gasteiger partial charge >= 0.3 is 0 Å². The van der Waals surface area contributed by atoms with Crippen molar-refractivity contribution in [2.45, 2.75) is 39.5 Å². The molecule has 2 rings (SSSR count). The molecule has 5 heteroatoms. The van der Waals surface area contributed by atoms with Gasteiger partial charge in [-0.15, -0.1) is 0 Å². The van der Waals surface area contributed by atoms with Crippen molar-refractivity contribution >= 4 is 11.7 Å². The van der Waals surface area contributed by atoms with Gasteiger partial charge in [-0.3, -0.25) is 4.79 Å². The van der Waals surface area contributed by atoms with Gasteiger partial charge in [-0.05, 0) is 44.7 Å². The summed E-state index contributed by atoms with van der Waals surface area (Å²) in [6.07, 6.45) is 3.52. The van der Waals surface area contributed by atoms with Crippen LogP contribution in [-0.4, -0.2) is 35.4 Å². The van der Waals surface area contributed by atoms with Crippen LogP contribution < -0.4 is 5.32 Å². The monoisotopic (exact) mass is 286 g/mol. The Hall–Kier alpha value is -2.09. The molecule has 1 aromatic rings. The summed E-state index contributed by atoms with van der Waals surface area (Å²) in [5, 5.41) is 12.4. The van der Waals surface area contributed by atoms with Crippen molar-refractivity contribution < 1.29 is 4.79 Å². The summed E-state index contributed by atoms with van der Waals surface area (Å²) in [5.74, 6) is 0.748. The zero-order chi connectivity index (χ0) is 15.2. The minimum Gasteiger partial charge on any atom is -0.368 e. The largest absolute Gasteiger partial charge is 0.368 e. The quantitative estimate of drug-likeness (QED) is 0.869. The third-order valence-corrected chi connectivity index (χ3v) is 3.92. The van der Waals surface area contributed by atoms with Crippen LogP contribution in [-0.2, 0) is 17.6 Å². The summed E-state index contributed by atoms with van der Waals surface area (Å²) in [6.45, 7) is 5.93. The van der Waals surface area contributed by atoms with Crippen molar-refractivity contribution in [2.75, 3.05) is 25.0 Å². The molecule has 112 valence electrons. The lowest BCUT2D eigenvalue weighted by molar-refractivity contribution is -0.130. The first-order valence-electron chi connectivity index (χ1n) is 7.64. The lowest BCUT2D eigenvalue weighted by Crippen LogP contribution is -2.31. The number of anilines is 1. The highest BCUT2D eigenvalue weighted by Gasteiger charge is 2.16. The molecule has 0 spiro atoms. The predicted octanol–water partition coefficient (Wildman–Crippen LogP) is 2.11. The molecule has 0 fully saturated rings. The van der Waals surface area contributed by atoms with E-state index in [1.54, 1.807) is 0 Å². The van der Waals surface area contributed by atoms with Gasteiger partial charge in [-0.2, -0.15) is 5.26 Å². The van der Waals surface area contributed by atoms with Gasteiger partial charge in [-0.25, -0.2) is 4.98 Å². The molecule has 1 aromatic heterocycles. The van der Waals surface area contributed by atoms with Crippen LogP contribution in [0.1, 0.15) is 43.5 Å². The maximum Gasteiger partial charge on any atom is 0.224 e. The second kappa shape index (κ2) is 7.07. The lowest BCUT2D eigenvalue weighted by Gasteiger charge is -2.18. The number of hydrogen-bond acceptors (Lipinski definition) is 4. The van der Waals surface area contributed by atoms with Gasteiger partial charge < -0.3 is 10.2 Å². The van der Waals surface area contributed by atoms with Crippen molar-refractivity contribution in [3.8, 4) is 6.07 Å². The predicted molar refractivity (Wildman–Crippen MR) is 82.0 cm³/mol. The first kappa shape index (κ1) is 15.3. The number of carbonyl (C=O) groups is 1. The standard InChI is InChI=1S/C16H22N4O/c1-3-20(4-2)15(21)8-9-18-16-13(11-17)10-12-6-5-7-14(12)19-16/h10H,3-9H2,1-2H3,(H,18,19). The first-order valence-corrected chi connectivity index (χ1v) is 7.64. The minimum atomic E-state index is 0.132. The van der Waals surface area contributed by atoms with Crippen molar-refractivity contribution in [1.29, 1.82) is 5.26 Å². The Morgan fingerprint density at radius 2 is 2.19 bits per heavy atom. The highest BCUT2D eigenvalue weighted by atomic mass is 16.2. The molecule has 1 aliphatic carbocycles. The normalized spacial score (nSPS) is 12.6. The fourth-order valence-electron chi connectivity index (χ4n) is 2.71. The fourth-order valence-corrected chi connectivity index (χ4v) is 2.71. The molecule has 0 aliphatic heterocycles. The van der Waals surface area contributed by atoms with Crippen LogP contribution in [0.3, 0.4) is 0 Å². The van der Waals surface area contributed by atoms with E-state index in [9.17, 15) is 10.1 Å². The summed E-state index contributed by atoms with van der Waals surface area (Å²) < 4.78 is 0. The number of nitrogens with one attached hydrogen (secondary N) is 1. The van der Waals surface area contributed by atoms with E-state index in [1.807, 2.05) is 24.8 Å². The lowest BCUT2D eigenvalue weighted by atomic mass is 10.1. The fraction of sp³-hybridized carbons (Fsp3) is 0.562. The number of hydrogen-bond donors (Lipinski definition) is 1. The molecule has 0 unspecified atom stereocenters. The molecule has 0 bridgehead atoms. The van der Waals surface area contributed by atoms with E-state index in [0.717, 1.165) is 38.0 Å². The number of carbonyl (C=O) groups excluding carboxylic acids is 1. The molecule has 0 radical (unpaired) electrons. The zero-order valence-corrected chi connectivity index (χ0v) is 12.8. The molecule has 5 nitrogen and oxygen atoms in total. The van der Waals surface area contributed by atoms with E-state index in [4.69, 9.17) is 0 Å². The summed E-state index contributed by atoms with van der Waals surface area (Å²) in [5.41, 5.74) is 2.86. The van der Waals surface area contributed by atoms with E-state index in [-0.39, 0.29) is 5.91 Å². The van der Waals surface area contributed by atoms with Crippen LogP contribution in [0.5, 0.6) is 0 Å². The number of rotatable bonds is 6. The average Bonchev–Trinajstić information content (AvgIpc) is 2.94. The van der Waals surface area contributed by atoms with E-state index >= 15 is 0 Å². The molecular formula is C16H22N4O. The Kier molecular flexibility index (Phi) is 5.15. The topological polar surface area (TPSA) is 69.0 Å². The Labute approximate surface area is 126 Å². The van der Waals surface area contributed by atoms with Crippen molar-refractivity contribution in [1.82, 2.24) is 9.88 Å². The van der Waals surface area contributed by atoms with Gasteiger partial charge in [0.1, 0.15) is 11.9 Å². The maximum atomic E-state index is 11.9. The van der Waals surface area contributed by atoms with Gasteiger partial charge in [-0.1, -0.05) is 0 Å². The molecule has 1 amide bonds. The van der Waals surface area contributed by atoms with Crippen LogP contribution in [0.15, 0.2) is 6.07 Å². The number of nitrogens with zero attached hydrogens (tertiary/aromatic N) is 3. The van der Waals surface area contributed by atoms with Crippen molar-refractivity contribution in [2.24, 2.45) is 0 Å². The van der Waals surface area contributed by atoms with Crippen LogP contribution in [0.2, 0.25) is 0 Å².